The largest absolute Gasteiger partial charge is 0.416 e. The number of allylic oxidation sites excluding steroid dienone is 1. The van der Waals surface area contributed by atoms with Gasteiger partial charge in [0.2, 0.25) is 0 Å². The van der Waals surface area contributed by atoms with Crippen LogP contribution in [0.1, 0.15) is 59.7 Å². The minimum absolute atomic E-state index is 0.0525. The van der Waals surface area contributed by atoms with Gasteiger partial charge in [0.05, 0.1) is 11.3 Å². The number of nitrogens with zero attached hydrogens (tertiary/aromatic N) is 2. The smallest absolute Gasteiger partial charge is 0.372 e. The average molecular weight is 535 g/mol. The molecular formula is C25H22BrF3N2OS. The number of benzene rings is 2. The molecule has 2 heterocycles. The van der Waals surface area contributed by atoms with Crippen molar-refractivity contribution in [2.75, 3.05) is 6.61 Å². The summed E-state index contributed by atoms with van der Waals surface area (Å²) >= 11 is 7.82. The highest BCUT2D eigenvalue weighted by atomic mass is 79.9. The molecule has 1 aliphatic carbocycles. The summed E-state index contributed by atoms with van der Waals surface area (Å²) in [4.78, 5) is 0. The van der Waals surface area contributed by atoms with Gasteiger partial charge in [-0.05, 0) is 87.5 Å². The number of hydrogen-bond acceptors (Lipinski definition) is 3. The van der Waals surface area contributed by atoms with Crippen molar-refractivity contribution in [3.8, 4) is 0 Å². The minimum atomic E-state index is -4.39. The van der Waals surface area contributed by atoms with Crippen molar-refractivity contribution in [3.05, 3.63) is 87.1 Å². The Morgan fingerprint density at radius 1 is 1.15 bits per heavy atom. The molecule has 5 rings (SSSR count). The number of hydrogen-bond donors (Lipinski definition) is 1. The van der Waals surface area contributed by atoms with Crippen molar-refractivity contribution in [1.29, 1.82) is 0 Å². The molecule has 1 aromatic heterocycles. The standard InChI is InChI=1S/C25H22BrF3N2OS/c1-24(9-10-32-21(14-24)20-13-22(26)30-31(20)33)23-18-8-3-2-5-16(18)12-19(23)15-6-4-7-17(11-15)25(27,28)29/h2-8,11-13,21,23,33H,9-10,14H2,1H3. The van der Waals surface area contributed by atoms with Crippen molar-refractivity contribution in [2.45, 2.75) is 38.0 Å². The molecule has 0 saturated carbocycles. The number of thiol groups is 1. The first-order valence-electron chi connectivity index (χ1n) is 10.7. The summed E-state index contributed by atoms with van der Waals surface area (Å²) in [5.41, 5.74) is 3.72. The molecule has 3 aromatic rings. The Bertz CT molecular complexity index is 1240. The predicted molar refractivity (Wildman–Crippen MR) is 129 cm³/mol. The van der Waals surface area contributed by atoms with E-state index in [1.54, 1.807) is 6.07 Å². The molecule has 2 aromatic carbocycles. The van der Waals surface area contributed by atoms with Gasteiger partial charge in [-0.3, -0.25) is 0 Å². The van der Waals surface area contributed by atoms with Crippen LogP contribution in [0.5, 0.6) is 0 Å². The Hall–Kier alpha value is -2.03. The molecule has 0 spiro atoms. The van der Waals surface area contributed by atoms with Crippen LogP contribution in [0.3, 0.4) is 0 Å². The van der Waals surface area contributed by atoms with Crippen molar-refractivity contribution >= 4 is 40.4 Å². The van der Waals surface area contributed by atoms with Crippen LogP contribution < -0.4 is 0 Å². The van der Waals surface area contributed by atoms with Crippen LogP contribution in [0.15, 0.2) is 59.2 Å². The first kappa shape index (κ1) is 22.7. The van der Waals surface area contributed by atoms with E-state index in [1.165, 1.54) is 16.2 Å². The number of fused-ring (bicyclic) bond motifs is 1. The van der Waals surface area contributed by atoms with Crippen LogP contribution in [0, 0.1) is 5.41 Å². The maximum atomic E-state index is 13.5. The molecule has 3 atom stereocenters. The van der Waals surface area contributed by atoms with Crippen LogP contribution in [0.25, 0.3) is 11.6 Å². The van der Waals surface area contributed by atoms with Gasteiger partial charge in [0, 0.05) is 12.5 Å². The third-order valence-corrected chi connectivity index (χ3v) is 7.52. The van der Waals surface area contributed by atoms with E-state index in [4.69, 9.17) is 4.74 Å². The fraction of sp³-hybridized carbons (Fsp3) is 0.320. The molecule has 1 fully saturated rings. The zero-order valence-corrected chi connectivity index (χ0v) is 20.3. The molecule has 0 bridgehead atoms. The second-order valence-electron chi connectivity index (χ2n) is 8.99. The Morgan fingerprint density at radius 2 is 1.94 bits per heavy atom. The molecule has 8 heteroatoms. The second kappa shape index (κ2) is 8.32. The topological polar surface area (TPSA) is 27.1 Å². The molecule has 0 radical (unpaired) electrons. The quantitative estimate of drug-likeness (QED) is 0.351. The van der Waals surface area contributed by atoms with Crippen molar-refractivity contribution in [3.63, 3.8) is 0 Å². The van der Waals surface area contributed by atoms with Crippen LogP contribution in [-0.2, 0) is 10.9 Å². The number of rotatable bonds is 3. The molecule has 1 aliphatic heterocycles. The fourth-order valence-electron chi connectivity index (χ4n) is 5.25. The van der Waals surface area contributed by atoms with Gasteiger partial charge in [0.25, 0.3) is 0 Å². The van der Waals surface area contributed by atoms with Gasteiger partial charge < -0.3 is 4.74 Å². The summed E-state index contributed by atoms with van der Waals surface area (Å²) in [6, 6.07) is 15.6. The van der Waals surface area contributed by atoms with Gasteiger partial charge in [-0.2, -0.15) is 18.3 Å². The van der Waals surface area contributed by atoms with Gasteiger partial charge in [-0.25, -0.2) is 4.09 Å². The molecule has 33 heavy (non-hydrogen) atoms. The average Bonchev–Trinajstić information content (AvgIpc) is 3.33. The number of alkyl halides is 3. The monoisotopic (exact) mass is 534 g/mol. The van der Waals surface area contributed by atoms with Gasteiger partial charge in [-0.1, -0.05) is 49.4 Å². The Morgan fingerprint density at radius 3 is 2.67 bits per heavy atom. The Labute approximate surface area is 204 Å². The molecule has 3 unspecified atom stereocenters. The summed E-state index contributed by atoms with van der Waals surface area (Å²) in [7, 11) is 0. The predicted octanol–water partition coefficient (Wildman–Crippen LogP) is 7.55. The SMILES string of the molecule is CC1(C2C(c3cccc(C(F)(F)F)c3)=Cc3ccccc32)CCOC(c2cc(Br)nn2S)C1. The van der Waals surface area contributed by atoms with E-state index in [2.05, 4.69) is 46.8 Å². The van der Waals surface area contributed by atoms with E-state index >= 15 is 0 Å². The molecule has 0 N–H and O–H groups in total. The van der Waals surface area contributed by atoms with Crippen LogP contribution in [0.2, 0.25) is 0 Å². The first-order valence-corrected chi connectivity index (χ1v) is 11.9. The highest BCUT2D eigenvalue weighted by molar-refractivity contribution is 9.10. The summed E-state index contributed by atoms with van der Waals surface area (Å²) in [6.45, 7) is 2.76. The van der Waals surface area contributed by atoms with Gasteiger partial charge in [-0.15, -0.1) is 0 Å². The fourth-order valence-corrected chi connectivity index (χ4v) is 6.05. The minimum Gasteiger partial charge on any atom is -0.372 e. The Kier molecular flexibility index (Phi) is 5.74. The molecule has 0 amide bonds. The van der Waals surface area contributed by atoms with Gasteiger partial charge >= 0.3 is 6.18 Å². The number of halogens is 4. The van der Waals surface area contributed by atoms with Crippen molar-refractivity contribution < 1.29 is 17.9 Å². The third kappa shape index (κ3) is 4.17. The zero-order chi connectivity index (χ0) is 23.4. The number of aromatic nitrogens is 2. The van der Waals surface area contributed by atoms with E-state index in [9.17, 15) is 13.2 Å². The molecule has 172 valence electrons. The van der Waals surface area contributed by atoms with Crippen LogP contribution in [0.4, 0.5) is 13.2 Å². The lowest BCUT2D eigenvalue weighted by Gasteiger charge is -2.44. The maximum Gasteiger partial charge on any atom is 0.416 e. The van der Waals surface area contributed by atoms with Crippen LogP contribution in [-0.4, -0.2) is 15.8 Å². The van der Waals surface area contributed by atoms with E-state index in [0.717, 1.165) is 34.9 Å². The van der Waals surface area contributed by atoms with Gasteiger partial charge in [0.1, 0.15) is 10.7 Å². The van der Waals surface area contributed by atoms with E-state index in [-0.39, 0.29) is 17.4 Å². The lowest BCUT2D eigenvalue weighted by molar-refractivity contribution is -0.137. The van der Waals surface area contributed by atoms with Gasteiger partial charge in [0.15, 0.2) is 0 Å². The Balaban J connectivity index is 1.57. The first-order chi connectivity index (χ1) is 15.7. The summed E-state index contributed by atoms with van der Waals surface area (Å²) in [5.74, 6) is -0.0525. The van der Waals surface area contributed by atoms with E-state index < -0.39 is 11.7 Å². The summed E-state index contributed by atoms with van der Waals surface area (Å²) in [5, 5.41) is 4.26. The zero-order valence-electron chi connectivity index (χ0n) is 17.8. The lowest BCUT2D eigenvalue weighted by atomic mass is 9.64. The maximum absolute atomic E-state index is 13.5. The van der Waals surface area contributed by atoms with E-state index in [1.807, 2.05) is 30.3 Å². The lowest BCUT2D eigenvalue weighted by Crippen LogP contribution is -2.35. The van der Waals surface area contributed by atoms with E-state index in [0.29, 0.717) is 23.2 Å². The third-order valence-electron chi connectivity index (χ3n) is 6.81. The van der Waals surface area contributed by atoms with Crippen molar-refractivity contribution in [2.24, 2.45) is 5.41 Å². The van der Waals surface area contributed by atoms with Crippen molar-refractivity contribution in [1.82, 2.24) is 9.19 Å². The second-order valence-corrected chi connectivity index (χ2v) is 10.2. The summed E-state index contributed by atoms with van der Waals surface area (Å²) in [6.07, 6.45) is -1.06. The molecule has 2 aliphatic rings. The van der Waals surface area contributed by atoms with Crippen LogP contribution >= 0.6 is 28.7 Å². The normalized spacial score (nSPS) is 25.1. The molecule has 1 saturated heterocycles. The summed E-state index contributed by atoms with van der Waals surface area (Å²) < 4.78 is 48.7. The highest BCUT2D eigenvalue weighted by Gasteiger charge is 2.46. The highest BCUT2D eigenvalue weighted by Crippen LogP contribution is 2.58. The number of ether oxygens (including phenoxy) is 1. The molecule has 3 nitrogen and oxygen atoms in total. The molecular weight excluding hydrogens is 513 g/mol.